The molecule has 2 aromatic heterocycles. The molecule has 1 aromatic carbocycles. The zero-order valence-corrected chi connectivity index (χ0v) is 15.3. The van der Waals surface area contributed by atoms with E-state index in [1.807, 2.05) is 6.92 Å². The number of nitrogens with one attached hydrogen (secondary N) is 1. The molecule has 3 aromatic rings. The van der Waals surface area contributed by atoms with E-state index in [-0.39, 0.29) is 18.7 Å². The van der Waals surface area contributed by atoms with E-state index in [2.05, 4.69) is 10.3 Å². The molecule has 0 spiro atoms. The van der Waals surface area contributed by atoms with Crippen molar-refractivity contribution in [3.63, 3.8) is 0 Å². The molecule has 0 aliphatic rings. The fraction of sp³-hybridized carbons (Fsp3) is 0.222. The van der Waals surface area contributed by atoms with Crippen LogP contribution in [0.5, 0.6) is 5.75 Å². The highest BCUT2D eigenvalue weighted by atomic mass is 32.1. The number of thiazole rings is 1. The average molecular weight is 387 g/mol. The van der Waals surface area contributed by atoms with Gasteiger partial charge in [-0.3, -0.25) is 18.8 Å². The summed E-state index contributed by atoms with van der Waals surface area (Å²) in [4.78, 5) is 40.5. The van der Waals surface area contributed by atoms with Crippen LogP contribution in [0.25, 0.3) is 4.96 Å². The Kier molecular flexibility index (Phi) is 5.82. The third-order valence-corrected chi connectivity index (χ3v) is 4.31. The number of ether oxygens (including phenoxy) is 2. The maximum atomic E-state index is 12.0. The Morgan fingerprint density at radius 3 is 2.78 bits per heavy atom. The summed E-state index contributed by atoms with van der Waals surface area (Å²) in [5.74, 6) is -0.353. The molecule has 1 N–H and O–H groups in total. The molecule has 140 valence electrons. The minimum absolute atomic E-state index is 0.138. The molecule has 0 atom stereocenters. The number of carbonyl (C=O) groups excluding carboxylic acids is 2. The van der Waals surface area contributed by atoms with E-state index in [4.69, 9.17) is 9.47 Å². The van der Waals surface area contributed by atoms with Crippen molar-refractivity contribution in [3.05, 3.63) is 63.5 Å². The van der Waals surface area contributed by atoms with Crippen LogP contribution in [0.15, 0.2) is 46.7 Å². The fourth-order valence-corrected chi connectivity index (χ4v) is 3.03. The Labute approximate surface area is 158 Å². The molecule has 1 amide bonds. The van der Waals surface area contributed by atoms with E-state index >= 15 is 0 Å². The average Bonchev–Trinajstić information content (AvgIpc) is 3.14. The number of hydrogen-bond acceptors (Lipinski definition) is 7. The van der Waals surface area contributed by atoms with Gasteiger partial charge in [-0.1, -0.05) is 0 Å². The summed E-state index contributed by atoms with van der Waals surface area (Å²) in [6.45, 7) is 1.99. The number of amides is 1. The Morgan fingerprint density at radius 2 is 2.04 bits per heavy atom. The summed E-state index contributed by atoms with van der Waals surface area (Å²) in [6.07, 6.45) is 1.63. The highest BCUT2D eigenvalue weighted by Crippen LogP contribution is 2.12. The van der Waals surface area contributed by atoms with Gasteiger partial charge in [0.05, 0.1) is 12.3 Å². The van der Waals surface area contributed by atoms with Gasteiger partial charge >= 0.3 is 5.97 Å². The van der Waals surface area contributed by atoms with Crippen LogP contribution in [-0.2, 0) is 16.1 Å². The summed E-state index contributed by atoms with van der Waals surface area (Å²) in [6, 6.07) is 7.90. The zero-order chi connectivity index (χ0) is 19.2. The number of fused-ring (bicyclic) bond motifs is 1. The van der Waals surface area contributed by atoms with Gasteiger partial charge in [-0.25, -0.2) is 4.98 Å². The monoisotopic (exact) mass is 387 g/mol. The van der Waals surface area contributed by atoms with E-state index in [9.17, 15) is 14.4 Å². The van der Waals surface area contributed by atoms with Gasteiger partial charge in [0.15, 0.2) is 4.96 Å². The number of rotatable bonds is 7. The molecule has 27 heavy (non-hydrogen) atoms. The third kappa shape index (κ3) is 4.70. The Balaban J connectivity index is 1.50. The summed E-state index contributed by atoms with van der Waals surface area (Å²) in [7, 11) is 0. The lowest BCUT2D eigenvalue weighted by Gasteiger charge is -2.07. The molecule has 0 saturated heterocycles. The van der Waals surface area contributed by atoms with Crippen LogP contribution in [0.1, 0.15) is 23.0 Å². The molecule has 0 aliphatic heterocycles. The quantitative estimate of drug-likeness (QED) is 0.619. The molecular formula is C18H17N3O5S. The molecule has 0 bridgehead atoms. The highest BCUT2D eigenvalue weighted by molar-refractivity contribution is 7.15. The van der Waals surface area contributed by atoms with Crippen molar-refractivity contribution in [1.29, 1.82) is 0 Å². The van der Waals surface area contributed by atoms with Crippen molar-refractivity contribution in [2.75, 3.05) is 13.2 Å². The second-order valence-electron chi connectivity index (χ2n) is 5.44. The molecule has 0 aliphatic carbocycles. The van der Waals surface area contributed by atoms with Gasteiger partial charge in [0.25, 0.3) is 11.5 Å². The van der Waals surface area contributed by atoms with Crippen LogP contribution < -0.4 is 15.6 Å². The van der Waals surface area contributed by atoms with Crippen LogP contribution in [0.2, 0.25) is 0 Å². The maximum Gasteiger partial charge on any atom is 0.325 e. The number of hydrogen-bond donors (Lipinski definition) is 1. The first kappa shape index (κ1) is 18.6. The standard InChI is InChI=1S/C18H17N3O5S/c1-2-25-14-5-3-12(4-6-14)17(24)19-10-16(23)26-11-13-9-15(22)21-7-8-27-18(21)20-13/h3-9H,2,10-11H2,1H3,(H,19,24). The molecule has 3 rings (SSSR count). The van der Waals surface area contributed by atoms with Crippen molar-refractivity contribution >= 4 is 28.2 Å². The van der Waals surface area contributed by atoms with Crippen LogP contribution in [-0.4, -0.2) is 34.4 Å². The lowest BCUT2D eigenvalue weighted by atomic mass is 10.2. The van der Waals surface area contributed by atoms with Gasteiger partial charge in [-0.05, 0) is 31.2 Å². The fourth-order valence-electron chi connectivity index (χ4n) is 2.29. The number of aromatic nitrogens is 2. The van der Waals surface area contributed by atoms with Crippen LogP contribution in [0, 0.1) is 0 Å². The van der Waals surface area contributed by atoms with E-state index < -0.39 is 11.9 Å². The maximum absolute atomic E-state index is 12.0. The molecule has 8 nitrogen and oxygen atoms in total. The molecule has 0 saturated carbocycles. The number of nitrogens with zero attached hydrogens (tertiary/aromatic N) is 2. The smallest absolute Gasteiger partial charge is 0.325 e. The van der Waals surface area contributed by atoms with Crippen molar-refractivity contribution < 1.29 is 19.1 Å². The summed E-state index contributed by atoms with van der Waals surface area (Å²) in [5.41, 5.74) is 0.522. The lowest BCUT2D eigenvalue weighted by molar-refractivity contribution is -0.143. The van der Waals surface area contributed by atoms with Gasteiger partial charge in [0, 0.05) is 23.2 Å². The first-order valence-electron chi connectivity index (χ1n) is 8.19. The molecule has 2 heterocycles. The molecular weight excluding hydrogens is 370 g/mol. The van der Waals surface area contributed by atoms with Gasteiger partial charge in [0.2, 0.25) is 0 Å². The summed E-state index contributed by atoms with van der Waals surface area (Å²) < 4.78 is 11.8. The van der Waals surface area contributed by atoms with Crippen molar-refractivity contribution in [2.24, 2.45) is 0 Å². The second kappa shape index (κ2) is 8.45. The highest BCUT2D eigenvalue weighted by Gasteiger charge is 2.10. The predicted molar refractivity (Wildman–Crippen MR) is 99.1 cm³/mol. The minimum Gasteiger partial charge on any atom is -0.494 e. The Morgan fingerprint density at radius 1 is 1.26 bits per heavy atom. The van der Waals surface area contributed by atoms with E-state index in [1.54, 1.807) is 35.8 Å². The summed E-state index contributed by atoms with van der Waals surface area (Å²) in [5, 5.41) is 4.23. The van der Waals surface area contributed by atoms with Crippen molar-refractivity contribution in [3.8, 4) is 5.75 Å². The Hall–Kier alpha value is -3.20. The zero-order valence-electron chi connectivity index (χ0n) is 14.5. The molecule has 0 fully saturated rings. The van der Waals surface area contributed by atoms with E-state index in [0.29, 0.717) is 28.6 Å². The third-order valence-electron chi connectivity index (χ3n) is 3.56. The molecule has 0 radical (unpaired) electrons. The van der Waals surface area contributed by atoms with Gasteiger partial charge in [-0.2, -0.15) is 0 Å². The van der Waals surface area contributed by atoms with Gasteiger partial charge in [-0.15, -0.1) is 11.3 Å². The first-order valence-corrected chi connectivity index (χ1v) is 9.07. The van der Waals surface area contributed by atoms with Crippen LogP contribution in [0.4, 0.5) is 0 Å². The Bertz CT molecular complexity index is 1010. The van der Waals surface area contributed by atoms with Crippen molar-refractivity contribution in [2.45, 2.75) is 13.5 Å². The lowest BCUT2D eigenvalue weighted by Crippen LogP contribution is -2.30. The van der Waals surface area contributed by atoms with Gasteiger partial charge < -0.3 is 14.8 Å². The largest absolute Gasteiger partial charge is 0.494 e. The number of benzene rings is 1. The summed E-state index contributed by atoms with van der Waals surface area (Å²) >= 11 is 1.31. The van der Waals surface area contributed by atoms with Crippen LogP contribution in [0.3, 0.4) is 0 Å². The minimum atomic E-state index is -0.623. The van der Waals surface area contributed by atoms with Crippen LogP contribution >= 0.6 is 11.3 Å². The second-order valence-corrected chi connectivity index (χ2v) is 6.32. The topological polar surface area (TPSA) is 99.0 Å². The SMILES string of the molecule is CCOc1ccc(C(=O)NCC(=O)OCc2cc(=O)n3ccsc3n2)cc1. The predicted octanol–water partition coefficient (Wildman–Crippen LogP) is 1.63. The van der Waals surface area contributed by atoms with E-state index in [0.717, 1.165) is 0 Å². The normalized spacial score (nSPS) is 10.6. The van der Waals surface area contributed by atoms with Gasteiger partial charge in [0.1, 0.15) is 18.9 Å². The number of carbonyl (C=O) groups is 2. The van der Waals surface area contributed by atoms with Crippen molar-refractivity contribution in [1.82, 2.24) is 14.7 Å². The number of esters is 1. The molecule has 0 unspecified atom stereocenters. The van der Waals surface area contributed by atoms with E-state index in [1.165, 1.54) is 21.8 Å². The molecule has 9 heteroatoms. The first-order chi connectivity index (χ1) is 13.1.